The van der Waals surface area contributed by atoms with Gasteiger partial charge >= 0.3 is 0 Å². The number of carbonyl (C=O) groups excluding carboxylic acids is 3. The Kier molecular flexibility index (Phi) is 6.23. The zero-order valence-electron chi connectivity index (χ0n) is 16.8. The first-order valence-electron chi connectivity index (χ1n) is 9.64. The zero-order valence-corrected chi connectivity index (χ0v) is 17.5. The Morgan fingerprint density at radius 1 is 1.27 bits per heavy atom. The minimum absolute atomic E-state index is 0.155. The molecule has 0 aliphatic carbocycles. The van der Waals surface area contributed by atoms with Crippen molar-refractivity contribution in [3.8, 4) is 6.07 Å². The van der Waals surface area contributed by atoms with E-state index in [1.807, 2.05) is 44.2 Å². The summed E-state index contributed by atoms with van der Waals surface area (Å²) in [5, 5.41) is 15.1. The molecule has 1 unspecified atom stereocenters. The number of imide groups is 1. The van der Waals surface area contributed by atoms with Gasteiger partial charge in [0.15, 0.2) is 0 Å². The lowest BCUT2D eigenvalue weighted by Gasteiger charge is -2.25. The third-order valence-corrected chi connectivity index (χ3v) is 5.73. The first-order chi connectivity index (χ1) is 14.2. The quantitative estimate of drug-likeness (QED) is 0.720. The highest BCUT2D eigenvalue weighted by Gasteiger charge is 2.32. The van der Waals surface area contributed by atoms with Gasteiger partial charge in [0, 0.05) is 23.6 Å². The van der Waals surface area contributed by atoms with Crippen molar-refractivity contribution in [1.29, 1.82) is 5.26 Å². The molecule has 3 amide bonds. The summed E-state index contributed by atoms with van der Waals surface area (Å²) in [7, 11) is 0. The van der Waals surface area contributed by atoms with E-state index in [1.54, 1.807) is 12.1 Å². The molecular weight excluding hydrogens is 402 g/mol. The third kappa shape index (κ3) is 4.37. The smallest absolute Gasteiger partial charge is 0.234 e. The first kappa shape index (κ1) is 21.5. The molecule has 1 saturated heterocycles. The van der Waals surface area contributed by atoms with Crippen molar-refractivity contribution in [2.75, 3.05) is 0 Å². The Morgan fingerprint density at radius 3 is 2.60 bits per heavy atom. The van der Waals surface area contributed by atoms with Gasteiger partial charge in [-0.2, -0.15) is 5.26 Å². The highest BCUT2D eigenvalue weighted by Crippen LogP contribution is 2.34. The molecule has 30 heavy (non-hydrogen) atoms. The van der Waals surface area contributed by atoms with E-state index < -0.39 is 17.2 Å². The van der Waals surface area contributed by atoms with Crippen LogP contribution in [0.25, 0.3) is 0 Å². The van der Waals surface area contributed by atoms with E-state index in [-0.39, 0.29) is 35.4 Å². The normalized spacial score (nSPS) is 16.5. The molecular formula is C23H22ClN3O3. The Balaban J connectivity index is 1.79. The highest BCUT2D eigenvalue weighted by molar-refractivity contribution is 6.32. The molecule has 2 N–H and O–H groups in total. The van der Waals surface area contributed by atoms with Crippen molar-refractivity contribution in [1.82, 2.24) is 10.6 Å². The lowest BCUT2D eigenvalue weighted by atomic mass is 9.83. The molecule has 1 aliphatic rings. The number of hydrogen-bond acceptors (Lipinski definition) is 4. The molecule has 1 heterocycles. The summed E-state index contributed by atoms with van der Waals surface area (Å²) in [4.78, 5) is 36.4. The number of nitrogens with one attached hydrogen (secondary N) is 2. The summed E-state index contributed by atoms with van der Waals surface area (Å²) in [6.45, 7) is 3.88. The molecule has 2 aromatic rings. The van der Waals surface area contributed by atoms with Crippen LogP contribution in [-0.2, 0) is 26.3 Å². The van der Waals surface area contributed by atoms with Crippen LogP contribution >= 0.6 is 11.6 Å². The van der Waals surface area contributed by atoms with Crippen molar-refractivity contribution < 1.29 is 14.4 Å². The second-order valence-electron chi connectivity index (χ2n) is 7.83. The van der Waals surface area contributed by atoms with Gasteiger partial charge in [0.25, 0.3) is 0 Å². The number of hydrogen-bond donors (Lipinski definition) is 2. The van der Waals surface area contributed by atoms with Crippen LogP contribution in [0.3, 0.4) is 0 Å². The van der Waals surface area contributed by atoms with Gasteiger partial charge in [0.2, 0.25) is 17.7 Å². The van der Waals surface area contributed by atoms with E-state index in [0.717, 1.165) is 5.56 Å². The molecule has 1 aliphatic heterocycles. The molecule has 2 aromatic carbocycles. The van der Waals surface area contributed by atoms with E-state index in [2.05, 4.69) is 16.7 Å². The fourth-order valence-corrected chi connectivity index (χ4v) is 3.95. The zero-order chi connectivity index (χ0) is 21.9. The summed E-state index contributed by atoms with van der Waals surface area (Å²) >= 11 is 6.42. The minimum atomic E-state index is -0.726. The van der Waals surface area contributed by atoms with Crippen LogP contribution in [0.5, 0.6) is 0 Å². The molecule has 3 rings (SSSR count). The van der Waals surface area contributed by atoms with Crippen LogP contribution in [0.2, 0.25) is 5.02 Å². The number of carbonyl (C=O) groups is 3. The van der Waals surface area contributed by atoms with Gasteiger partial charge < -0.3 is 5.32 Å². The van der Waals surface area contributed by atoms with Gasteiger partial charge in [-0.25, -0.2) is 0 Å². The van der Waals surface area contributed by atoms with Crippen LogP contribution in [0.4, 0.5) is 0 Å². The number of piperidine rings is 1. The van der Waals surface area contributed by atoms with Crippen molar-refractivity contribution in [3.63, 3.8) is 0 Å². The molecule has 0 saturated carbocycles. The van der Waals surface area contributed by atoms with Crippen LogP contribution in [0, 0.1) is 11.3 Å². The summed E-state index contributed by atoms with van der Waals surface area (Å²) in [5.74, 6) is -1.58. The SMILES string of the molecule is CC(C)(C(=O)NCc1cc(Cl)c(C2CCC(=O)NC2=O)c(C#N)c1)c1ccccc1. The van der Waals surface area contributed by atoms with E-state index in [0.29, 0.717) is 17.5 Å². The Morgan fingerprint density at radius 2 is 1.97 bits per heavy atom. The Labute approximate surface area is 180 Å². The van der Waals surface area contributed by atoms with Crippen molar-refractivity contribution >= 4 is 29.3 Å². The minimum Gasteiger partial charge on any atom is -0.351 e. The third-order valence-electron chi connectivity index (χ3n) is 5.41. The highest BCUT2D eigenvalue weighted by atomic mass is 35.5. The largest absolute Gasteiger partial charge is 0.351 e. The van der Waals surface area contributed by atoms with Gasteiger partial charge in [-0.05, 0) is 43.5 Å². The molecule has 7 heteroatoms. The molecule has 1 fully saturated rings. The molecule has 1 atom stereocenters. The molecule has 0 radical (unpaired) electrons. The molecule has 0 spiro atoms. The van der Waals surface area contributed by atoms with Crippen LogP contribution in [0.15, 0.2) is 42.5 Å². The Bertz CT molecular complexity index is 1040. The fourth-order valence-electron chi connectivity index (χ4n) is 3.58. The number of nitrogens with zero attached hydrogens (tertiary/aromatic N) is 1. The topological polar surface area (TPSA) is 99.1 Å². The number of rotatable bonds is 5. The van der Waals surface area contributed by atoms with Gasteiger partial charge in [-0.15, -0.1) is 0 Å². The maximum absolute atomic E-state index is 12.8. The lowest BCUT2D eigenvalue weighted by Crippen LogP contribution is -2.40. The van der Waals surface area contributed by atoms with Crippen LogP contribution in [0.1, 0.15) is 54.9 Å². The van der Waals surface area contributed by atoms with E-state index in [9.17, 15) is 19.6 Å². The standard InChI is InChI=1S/C23H22ClN3O3/c1-23(2,16-6-4-3-5-7-16)22(30)26-13-14-10-15(12-25)20(18(24)11-14)17-8-9-19(28)27-21(17)29/h3-7,10-11,17H,8-9,13H2,1-2H3,(H,26,30)(H,27,28,29). The summed E-state index contributed by atoms with van der Waals surface area (Å²) in [6.07, 6.45) is 0.504. The maximum Gasteiger partial charge on any atom is 0.234 e. The first-order valence-corrected chi connectivity index (χ1v) is 10.0. The molecule has 0 aromatic heterocycles. The number of halogens is 1. The second-order valence-corrected chi connectivity index (χ2v) is 8.24. The van der Waals surface area contributed by atoms with Gasteiger partial charge in [0.05, 0.1) is 23.0 Å². The van der Waals surface area contributed by atoms with Gasteiger partial charge in [-0.3, -0.25) is 19.7 Å². The fraction of sp³-hybridized carbons (Fsp3) is 0.304. The monoisotopic (exact) mass is 423 g/mol. The molecule has 6 nitrogen and oxygen atoms in total. The lowest BCUT2D eigenvalue weighted by molar-refractivity contribution is -0.134. The summed E-state index contributed by atoms with van der Waals surface area (Å²) < 4.78 is 0. The predicted molar refractivity (Wildman–Crippen MR) is 113 cm³/mol. The maximum atomic E-state index is 12.8. The van der Waals surface area contributed by atoms with Crippen molar-refractivity contribution in [3.05, 3.63) is 69.7 Å². The summed E-state index contributed by atoms with van der Waals surface area (Å²) in [6, 6.07) is 14.8. The summed E-state index contributed by atoms with van der Waals surface area (Å²) in [5.41, 5.74) is 1.51. The number of benzene rings is 2. The molecule has 0 bridgehead atoms. The van der Waals surface area contributed by atoms with Gasteiger partial charge in [0.1, 0.15) is 0 Å². The average molecular weight is 424 g/mol. The van der Waals surface area contributed by atoms with E-state index >= 15 is 0 Å². The van der Waals surface area contributed by atoms with Crippen molar-refractivity contribution in [2.45, 2.75) is 44.6 Å². The Hall–Kier alpha value is -3.17. The van der Waals surface area contributed by atoms with Crippen molar-refractivity contribution in [2.24, 2.45) is 0 Å². The van der Waals surface area contributed by atoms with E-state index in [4.69, 9.17) is 11.6 Å². The number of amides is 3. The van der Waals surface area contributed by atoms with E-state index in [1.165, 1.54) is 0 Å². The predicted octanol–water partition coefficient (Wildman–Crippen LogP) is 3.33. The second kappa shape index (κ2) is 8.68. The van der Waals surface area contributed by atoms with Crippen LogP contribution < -0.4 is 10.6 Å². The average Bonchev–Trinajstić information content (AvgIpc) is 2.73. The number of nitriles is 1. The van der Waals surface area contributed by atoms with Gasteiger partial charge in [-0.1, -0.05) is 41.9 Å². The van der Waals surface area contributed by atoms with Crippen LogP contribution in [-0.4, -0.2) is 17.7 Å². The molecule has 154 valence electrons.